The van der Waals surface area contributed by atoms with Gasteiger partial charge in [0.1, 0.15) is 11.3 Å². The topological polar surface area (TPSA) is 112 Å². The van der Waals surface area contributed by atoms with Crippen LogP contribution in [0, 0.1) is 6.92 Å². The van der Waals surface area contributed by atoms with Crippen molar-refractivity contribution in [2.45, 2.75) is 13.5 Å². The van der Waals surface area contributed by atoms with E-state index < -0.39 is 12.0 Å². The average Bonchev–Trinajstić information content (AvgIpc) is 2.84. The number of thiazole rings is 1. The molecule has 0 bridgehead atoms. The lowest BCUT2D eigenvalue weighted by Crippen LogP contribution is -2.27. The molecule has 0 radical (unpaired) electrons. The summed E-state index contributed by atoms with van der Waals surface area (Å²) in [6, 6.07) is 3.35. The highest BCUT2D eigenvalue weighted by atomic mass is 32.1. The maximum absolute atomic E-state index is 11.7. The van der Waals surface area contributed by atoms with Crippen LogP contribution in [0.15, 0.2) is 24.4 Å². The predicted octanol–water partition coefficient (Wildman–Crippen LogP) is 2.18. The Balaban J connectivity index is 1.96. The Hall–Kier alpha value is -2.61. The molecule has 2 amide bonds. The number of phenols is 1. The number of carbonyl (C=O) groups excluding carboxylic acids is 1. The van der Waals surface area contributed by atoms with E-state index in [4.69, 9.17) is 5.11 Å². The lowest BCUT2D eigenvalue weighted by molar-refractivity contribution is 0.0693. The molecule has 0 aliphatic rings. The molecule has 0 aliphatic carbocycles. The highest BCUT2D eigenvalue weighted by Gasteiger charge is 2.11. The van der Waals surface area contributed by atoms with Crippen LogP contribution >= 0.6 is 11.3 Å². The molecule has 1 heterocycles. The molecule has 110 valence electrons. The van der Waals surface area contributed by atoms with Crippen LogP contribution in [0.1, 0.15) is 20.2 Å². The number of amides is 2. The molecule has 0 atom stereocenters. The van der Waals surface area contributed by atoms with Gasteiger partial charge in [0, 0.05) is 16.8 Å². The first-order chi connectivity index (χ1) is 9.95. The predicted molar refractivity (Wildman–Crippen MR) is 77.8 cm³/mol. The summed E-state index contributed by atoms with van der Waals surface area (Å²) in [5.41, 5.74) is 0.00840. The Morgan fingerprint density at radius 2 is 2.14 bits per heavy atom. The molecular weight excluding hydrogens is 294 g/mol. The van der Waals surface area contributed by atoms with Gasteiger partial charge in [-0.25, -0.2) is 14.6 Å². The third kappa shape index (κ3) is 3.93. The number of benzene rings is 1. The van der Waals surface area contributed by atoms with Gasteiger partial charge in [0.25, 0.3) is 0 Å². The van der Waals surface area contributed by atoms with Gasteiger partial charge in [0.05, 0.1) is 11.6 Å². The molecule has 21 heavy (non-hydrogen) atoms. The number of rotatable bonds is 4. The van der Waals surface area contributed by atoms with Gasteiger partial charge in [-0.1, -0.05) is 0 Å². The number of anilines is 1. The maximum atomic E-state index is 11.7. The third-order valence-corrected chi connectivity index (χ3v) is 3.49. The van der Waals surface area contributed by atoms with E-state index in [0.29, 0.717) is 6.54 Å². The van der Waals surface area contributed by atoms with Gasteiger partial charge in [-0.05, 0) is 25.1 Å². The van der Waals surface area contributed by atoms with Crippen molar-refractivity contribution in [3.63, 3.8) is 0 Å². The van der Waals surface area contributed by atoms with E-state index in [2.05, 4.69) is 15.6 Å². The monoisotopic (exact) mass is 307 g/mol. The van der Waals surface area contributed by atoms with Crippen LogP contribution in [0.4, 0.5) is 10.5 Å². The summed E-state index contributed by atoms with van der Waals surface area (Å²) in [4.78, 5) is 27.6. The molecule has 2 rings (SSSR count). The molecule has 7 nitrogen and oxygen atoms in total. The number of carboxylic acid groups (broad SMARTS) is 1. The number of aromatic nitrogens is 1. The summed E-state index contributed by atoms with van der Waals surface area (Å²) < 4.78 is 0. The largest absolute Gasteiger partial charge is 0.507 e. The van der Waals surface area contributed by atoms with Crippen molar-refractivity contribution in [1.82, 2.24) is 10.3 Å². The van der Waals surface area contributed by atoms with E-state index in [-0.39, 0.29) is 17.0 Å². The third-order valence-electron chi connectivity index (χ3n) is 2.58. The van der Waals surface area contributed by atoms with Crippen molar-refractivity contribution in [2.24, 2.45) is 0 Å². The summed E-state index contributed by atoms with van der Waals surface area (Å²) in [6.45, 7) is 2.21. The Bertz CT molecular complexity index is 684. The van der Waals surface area contributed by atoms with Gasteiger partial charge in [-0.2, -0.15) is 0 Å². The molecule has 0 saturated carbocycles. The fourth-order valence-corrected chi connectivity index (χ4v) is 2.35. The second-order valence-electron chi connectivity index (χ2n) is 4.19. The smallest absolute Gasteiger partial charge is 0.339 e. The lowest BCUT2D eigenvalue weighted by Gasteiger charge is -2.08. The van der Waals surface area contributed by atoms with Crippen LogP contribution in [0.5, 0.6) is 5.75 Å². The fourth-order valence-electron chi connectivity index (χ4n) is 1.61. The number of aromatic carboxylic acids is 1. The van der Waals surface area contributed by atoms with Crippen LogP contribution in [-0.4, -0.2) is 27.2 Å². The van der Waals surface area contributed by atoms with E-state index in [1.807, 2.05) is 6.92 Å². The van der Waals surface area contributed by atoms with Gasteiger partial charge in [-0.3, -0.25) is 0 Å². The first kappa shape index (κ1) is 14.8. The zero-order valence-corrected chi connectivity index (χ0v) is 11.9. The molecule has 0 fully saturated rings. The zero-order valence-electron chi connectivity index (χ0n) is 11.1. The molecule has 0 aliphatic heterocycles. The van der Waals surface area contributed by atoms with Gasteiger partial charge >= 0.3 is 12.0 Å². The van der Waals surface area contributed by atoms with Crippen LogP contribution < -0.4 is 10.6 Å². The second-order valence-corrected chi connectivity index (χ2v) is 5.51. The van der Waals surface area contributed by atoms with Crippen LogP contribution in [0.25, 0.3) is 0 Å². The van der Waals surface area contributed by atoms with Crippen molar-refractivity contribution in [3.05, 3.63) is 39.8 Å². The van der Waals surface area contributed by atoms with E-state index in [0.717, 1.165) is 9.88 Å². The van der Waals surface area contributed by atoms with Crippen molar-refractivity contribution in [1.29, 1.82) is 0 Å². The summed E-state index contributed by atoms with van der Waals surface area (Å²) in [6.07, 6.45) is 1.68. The molecular formula is C13H13N3O4S. The Morgan fingerprint density at radius 3 is 2.76 bits per heavy atom. The first-order valence-corrected chi connectivity index (χ1v) is 6.80. The highest BCUT2D eigenvalue weighted by Crippen LogP contribution is 2.21. The molecule has 0 unspecified atom stereocenters. The summed E-state index contributed by atoms with van der Waals surface area (Å²) >= 11 is 1.48. The van der Waals surface area contributed by atoms with E-state index >= 15 is 0 Å². The van der Waals surface area contributed by atoms with Gasteiger partial charge in [-0.15, -0.1) is 11.3 Å². The molecule has 1 aromatic carbocycles. The van der Waals surface area contributed by atoms with E-state index in [9.17, 15) is 14.7 Å². The SMILES string of the molecule is Cc1ncc(CNC(=O)Nc2ccc(O)c(C(=O)O)c2)s1. The minimum Gasteiger partial charge on any atom is -0.507 e. The van der Waals surface area contributed by atoms with Crippen molar-refractivity contribution >= 4 is 29.0 Å². The van der Waals surface area contributed by atoms with E-state index in [1.54, 1.807) is 6.20 Å². The number of aryl methyl sites for hydroxylation is 1. The van der Waals surface area contributed by atoms with Gasteiger partial charge < -0.3 is 20.8 Å². The van der Waals surface area contributed by atoms with Crippen molar-refractivity contribution in [3.8, 4) is 5.75 Å². The standard InChI is InChI=1S/C13H13N3O4S/c1-7-14-5-9(21-7)6-15-13(20)16-8-2-3-11(17)10(4-8)12(18)19/h2-5,17H,6H2,1H3,(H,18,19)(H2,15,16,20). The zero-order chi connectivity index (χ0) is 15.4. The number of aromatic hydroxyl groups is 1. The van der Waals surface area contributed by atoms with Crippen molar-refractivity contribution < 1.29 is 19.8 Å². The minimum absolute atomic E-state index is 0.272. The van der Waals surface area contributed by atoms with Crippen LogP contribution in [0.3, 0.4) is 0 Å². The average molecular weight is 307 g/mol. The Labute approximate surface area is 124 Å². The van der Waals surface area contributed by atoms with Gasteiger partial charge in [0.2, 0.25) is 0 Å². The highest BCUT2D eigenvalue weighted by molar-refractivity contribution is 7.11. The number of hydrogen-bond acceptors (Lipinski definition) is 5. The first-order valence-electron chi connectivity index (χ1n) is 5.98. The van der Waals surface area contributed by atoms with E-state index in [1.165, 1.54) is 29.5 Å². The quantitative estimate of drug-likeness (QED) is 0.647. The number of hydrogen-bond donors (Lipinski definition) is 4. The normalized spacial score (nSPS) is 10.1. The molecule has 2 aromatic rings. The summed E-state index contributed by atoms with van der Waals surface area (Å²) in [5.74, 6) is -1.62. The minimum atomic E-state index is -1.27. The molecule has 8 heteroatoms. The second kappa shape index (κ2) is 6.23. The Kier molecular flexibility index (Phi) is 4.39. The fraction of sp³-hybridized carbons (Fsp3) is 0.154. The maximum Gasteiger partial charge on any atom is 0.339 e. The summed E-state index contributed by atoms with van der Waals surface area (Å²) in [7, 11) is 0. The molecule has 0 spiro atoms. The molecule has 0 saturated heterocycles. The van der Waals surface area contributed by atoms with Gasteiger partial charge in [0.15, 0.2) is 0 Å². The Morgan fingerprint density at radius 1 is 1.38 bits per heavy atom. The number of carbonyl (C=O) groups is 2. The summed E-state index contributed by atoms with van der Waals surface area (Å²) in [5, 5.41) is 24.3. The van der Waals surface area contributed by atoms with Crippen LogP contribution in [0.2, 0.25) is 0 Å². The molecule has 1 aromatic heterocycles. The van der Waals surface area contributed by atoms with Crippen LogP contribution in [-0.2, 0) is 6.54 Å². The molecule has 4 N–H and O–H groups in total. The number of nitrogens with one attached hydrogen (secondary N) is 2. The number of nitrogens with zero attached hydrogens (tertiary/aromatic N) is 1. The van der Waals surface area contributed by atoms with Crippen molar-refractivity contribution in [2.75, 3.05) is 5.32 Å². The number of urea groups is 1. The number of carboxylic acids is 1. The lowest BCUT2D eigenvalue weighted by atomic mass is 10.2.